The molecule has 1 N–H and O–H groups in total. The lowest BCUT2D eigenvalue weighted by Crippen LogP contribution is -2.44. The fourth-order valence-corrected chi connectivity index (χ4v) is 3.33. The molecule has 0 bridgehead atoms. The molecule has 0 saturated carbocycles. The molecule has 1 aliphatic rings. The molecule has 2 atom stereocenters. The molecule has 1 aliphatic heterocycles. The molecule has 5 heteroatoms. The van der Waals surface area contributed by atoms with Gasteiger partial charge in [0.1, 0.15) is 5.75 Å². The van der Waals surface area contributed by atoms with E-state index in [1.54, 1.807) is 31.2 Å². The summed E-state index contributed by atoms with van der Waals surface area (Å²) in [7, 11) is 3.37. The molecule has 2 aromatic carbocycles. The van der Waals surface area contributed by atoms with Gasteiger partial charge in [-0.15, -0.1) is 0 Å². The summed E-state index contributed by atoms with van der Waals surface area (Å²) < 4.78 is 5.13. The Bertz CT molecular complexity index is 743. The first-order valence-electron chi connectivity index (χ1n) is 8.35. The van der Waals surface area contributed by atoms with Crippen molar-refractivity contribution in [3.63, 3.8) is 0 Å². The largest absolute Gasteiger partial charge is 0.497 e. The van der Waals surface area contributed by atoms with E-state index < -0.39 is 0 Å². The van der Waals surface area contributed by atoms with Crippen molar-refractivity contribution in [1.29, 1.82) is 0 Å². The van der Waals surface area contributed by atoms with Crippen LogP contribution in [-0.4, -0.2) is 30.9 Å². The smallest absolute Gasteiger partial charge is 0.229 e. The van der Waals surface area contributed by atoms with Crippen molar-refractivity contribution in [1.82, 2.24) is 4.90 Å². The average Bonchev–Trinajstić information content (AvgIpc) is 2.65. The minimum atomic E-state index is -0.285. The van der Waals surface area contributed by atoms with Crippen LogP contribution < -0.4 is 10.1 Å². The minimum Gasteiger partial charge on any atom is -0.497 e. The number of anilines is 1. The summed E-state index contributed by atoms with van der Waals surface area (Å²) in [6.07, 6.45) is 0.936. The van der Waals surface area contributed by atoms with Crippen LogP contribution in [0.2, 0.25) is 0 Å². The molecule has 3 rings (SSSR count). The van der Waals surface area contributed by atoms with Gasteiger partial charge in [0.2, 0.25) is 11.8 Å². The number of piperidine rings is 1. The molecule has 1 saturated heterocycles. The Kier molecular flexibility index (Phi) is 5.03. The third kappa shape index (κ3) is 3.65. The SMILES string of the molecule is COc1ccc(NC(=O)[C@H]2CCC(=O)N(C)[C@H]2c2ccccc2)cc1. The lowest BCUT2D eigenvalue weighted by atomic mass is 9.84. The van der Waals surface area contributed by atoms with Crippen LogP contribution in [0.1, 0.15) is 24.4 Å². The van der Waals surface area contributed by atoms with E-state index in [2.05, 4.69) is 5.32 Å². The van der Waals surface area contributed by atoms with Gasteiger partial charge < -0.3 is 15.0 Å². The third-order valence-corrected chi connectivity index (χ3v) is 4.70. The van der Waals surface area contributed by atoms with Crippen molar-refractivity contribution >= 4 is 17.5 Å². The zero-order valence-electron chi connectivity index (χ0n) is 14.4. The maximum atomic E-state index is 12.9. The Morgan fingerprint density at radius 2 is 1.80 bits per heavy atom. The van der Waals surface area contributed by atoms with Crippen molar-refractivity contribution in [2.45, 2.75) is 18.9 Å². The number of rotatable bonds is 4. The Morgan fingerprint density at radius 1 is 1.12 bits per heavy atom. The molecule has 25 heavy (non-hydrogen) atoms. The van der Waals surface area contributed by atoms with Gasteiger partial charge >= 0.3 is 0 Å². The molecule has 0 unspecified atom stereocenters. The lowest BCUT2D eigenvalue weighted by molar-refractivity contribution is -0.140. The van der Waals surface area contributed by atoms with Gasteiger partial charge in [-0.2, -0.15) is 0 Å². The number of nitrogens with one attached hydrogen (secondary N) is 1. The molecule has 2 amide bonds. The molecule has 0 radical (unpaired) electrons. The zero-order chi connectivity index (χ0) is 17.8. The lowest BCUT2D eigenvalue weighted by Gasteiger charge is -2.38. The van der Waals surface area contributed by atoms with Crippen molar-refractivity contribution in [2.75, 3.05) is 19.5 Å². The summed E-state index contributed by atoms with van der Waals surface area (Å²) in [5.41, 5.74) is 1.70. The molecule has 1 heterocycles. The minimum absolute atomic E-state index is 0.0710. The van der Waals surface area contributed by atoms with Gasteiger partial charge in [0.05, 0.1) is 19.1 Å². The maximum absolute atomic E-state index is 12.9. The van der Waals surface area contributed by atoms with Gasteiger partial charge in [0.25, 0.3) is 0 Å². The Labute approximate surface area is 147 Å². The van der Waals surface area contributed by atoms with Gasteiger partial charge in [0, 0.05) is 19.2 Å². The number of benzene rings is 2. The Morgan fingerprint density at radius 3 is 2.44 bits per heavy atom. The third-order valence-electron chi connectivity index (χ3n) is 4.70. The fraction of sp³-hybridized carbons (Fsp3) is 0.300. The number of hydrogen-bond donors (Lipinski definition) is 1. The fourth-order valence-electron chi connectivity index (χ4n) is 3.33. The quantitative estimate of drug-likeness (QED) is 0.931. The van der Waals surface area contributed by atoms with Crippen LogP contribution in [0.15, 0.2) is 54.6 Å². The van der Waals surface area contributed by atoms with Crippen molar-refractivity contribution in [3.05, 3.63) is 60.2 Å². The predicted octanol–water partition coefficient (Wildman–Crippen LogP) is 3.24. The van der Waals surface area contributed by atoms with E-state index in [9.17, 15) is 9.59 Å². The molecular formula is C20H22N2O3. The number of carbonyl (C=O) groups is 2. The number of amides is 2. The topological polar surface area (TPSA) is 58.6 Å². The molecule has 0 spiro atoms. The van der Waals surface area contributed by atoms with E-state index in [1.807, 2.05) is 42.5 Å². The van der Waals surface area contributed by atoms with Gasteiger partial charge in [-0.1, -0.05) is 30.3 Å². The second-order valence-electron chi connectivity index (χ2n) is 6.22. The van der Waals surface area contributed by atoms with E-state index >= 15 is 0 Å². The maximum Gasteiger partial charge on any atom is 0.229 e. The first-order valence-corrected chi connectivity index (χ1v) is 8.35. The predicted molar refractivity (Wildman–Crippen MR) is 96.3 cm³/mol. The van der Waals surface area contributed by atoms with Crippen LogP contribution in [0.3, 0.4) is 0 Å². The number of likely N-dealkylation sites (tertiary alicyclic amines) is 1. The highest BCUT2D eigenvalue weighted by Crippen LogP contribution is 2.36. The van der Waals surface area contributed by atoms with Crippen molar-refractivity contribution in [3.8, 4) is 5.75 Å². The molecule has 5 nitrogen and oxygen atoms in total. The van der Waals surface area contributed by atoms with Crippen LogP contribution in [0, 0.1) is 5.92 Å². The summed E-state index contributed by atoms with van der Waals surface area (Å²) in [6.45, 7) is 0. The standard InChI is InChI=1S/C20H22N2O3/c1-22-18(23)13-12-17(19(22)14-6-4-3-5-7-14)20(24)21-15-8-10-16(25-2)11-9-15/h3-11,17,19H,12-13H2,1-2H3,(H,21,24)/t17-,19-/m0/s1. The highest BCUT2D eigenvalue weighted by molar-refractivity contribution is 5.94. The van der Waals surface area contributed by atoms with Gasteiger partial charge in [-0.3, -0.25) is 9.59 Å². The summed E-state index contributed by atoms with van der Waals surface area (Å²) in [6, 6.07) is 16.7. The Balaban J connectivity index is 1.82. The van der Waals surface area contributed by atoms with Gasteiger partial charge in [-0.25, -0.2) is 0 Å². The number of nitrogens with zero attached hydrogens (tertiary/aromatic N) is 1. The second-order valence-corrected chi connectivity index (χ2v) is 6.22. The van der Waals surface area contributed by atoms with Crippen molar-refractivity contribution < 1.29 is 14.3 Å². The van der Waals surface area contributed by atoms with Gasteiger partial charge in [0.15, 0.2) is 0 Å². The molecular weight excluding hydrogens is 316 g/mol. The highest BCUT2D eigenvalue weighted by atomic mass is 16.5. The molecule has 0 aliphatic carbocycles. The highest BCUT2D eigenvalue weighted by Gasteiger charge is 2.38. The molecule has 1 fully saturated rings. The van der Waals surface area contributed by atoms with E-state index in [4.69, 9.17) is 4.74 Å². The number of carbonyl (C=O) groups excluding carboxylic acids is 2. The average molecular weight is 338 g/mol. The van der Waals surface area contributed by atoms with Crippen molar-refractivity contribution in [2.24, 2.45) is 5.92 Å². The van der Waals surface area contributed by atoms with E-state index in [-0.39, 0.29) is 23.8 Å². The monoisotopic (exact) mass is 338 g/mol. The number of ether oxygens (including phenoxy) is 1. The van der Waals surface area contributed by atoms with E-state index in [0.717, 1.165) is 17.0 Å². The van der Waals surface area contributed by atoms with Gasteiger partial charge in [-0.05, 0) is 36.2 Å². The summed E-state index contributed by atoms with van der Waals surface area (Å²) >= 11 is 0. The van der Waals surface area contributed by atoms with Crippen LogP contribution in [0.25, 0.3) is 0 Å². The van der Waals surface area contributed by atoms with Crippen LogP contribution in [0.4, 0.5) is 5.69 Å². The first kappa shape index (κ1) is 17.0. The summed E-state index contributed by atoms with van der Waals surface area (Å²) in [5.74, 6) is 0.455. The molecule has 2 aromatic rings. The first-order chi connectivity index (χ1) is 12.1. The van der Waals surface area contributed by atoms with Crippen LogP contribution >= 0.6 is 0 Å². The number of hydrogen-bond acceptors (Lipinski definition) is 3. The van der Waals surface area contributed by atoms with E-state index in [1.165, 1.54) is 0 Å². The Hall–Kier alpha value is -2.82. The molecule has 130 valence electrons. The van der Waals surface area contributed by atoms with Crippen LogP contribution in [-0.2, 0) is 9.59 Å². The van der Waals surface area contributed by atoms with E-state index in [0.29, 0.717) is 12.8 Å². The normalized spacial score (nSPS) is 20.2. The van der Waals surface area contributed by atoms with Crippen LogP contribution in [0.5, 0.6) is 5.75 Å². The zero-order valence-corrected chi connectivity index (χ0v) is 14.4. The number of methoxy groups -OCH3 is 1. The summed E-state index contributed by atoms with van der Waals surface area (Å²) in [4.78, 5) is 26.7. The molecule has 0 aromatic heterocycles. The second kappa shape index (κ2) is 7.38. The summed E-state index contributed by atoms with van der Waals surface area (Å²) in [5, 5.41) is 2.97.